The smallest absolute Gasteiger partial charge is 0.349 e. The maximum Gasteiger partial charge on any atom is 0.349 e. The van der Waals surface area contributed by atoms with Crippen molar-refractivity contribution in [1.29, 1.82) is 0 Å². The van der Waals surface area contributed by atoms with E-state index in [1.54, 1.807) is 69.3 Å². The number of benzene rings is 2. The zero-order valence-corrected chi connectivity index (χ0v) is 15.3. The topological polar surface area (TPSA) is 80.7 Å². The van der Waals surface area contributed by atoms with Crippen LogP contribution < -0.4 is 0 Å². The molecule has 0 fully saturated rings. The maximum absolute atomic E-state index is 12.2. The van der Waals surface area contributed by atoms with Gasteiger partial charge in [-0.2, -0.15) is 0 Å². The van der Waals surface area contributed by atoms with Gasteiger partial charge < -0.3 is 9.84 Å². The van der Waals surface area contributed by atoms with Gasteiger partial charge in [0.05, 0.1) is 5.41 Å². The summed E-state index contributed by atoms with van der Waals surface area (Å²) < 4.78 is 5.29. The van der Waals surface area contributed by atoms with Crippen molar-refractivity contribution in [2.45, 2.75) is 33.8 Å². The molecule has 2 aromatic carbocycles. The molecule has 0 amide bonds. The third kappa shape index (κ3) is 4.36. The van der Waals surface area contributed by atoms with Gasteiger partial charge in [0.25, 0.3) is 0 Å². The molecule has 5 nitrogen and oxygen atoms in total. The number of carboxylic acid groups (broad SMARTS) is 1. The lowest BCUT2D eigenvalue weighted by Crippen LogP contribution is -2.28. The molecule has 0 bridgehead atoms. The van der Waals surface area contributed by atoms with Crippen LogP contribution >= 0.6 is 0 Å². The van der Waals surface area contributed by atoms with E-state index in [9.17, 15) is 19.5 Å². The zero-order chi connectivity index (χ0) is 19.5. The molecule has 0 heterocycles. The number of ether oxygens (including phenoxy) is 1. The Morgan fingerprint density at radius 1 is 0.962 bits per heavy atom. The van der Waals surface area contributed by atoms with Crippen molar-refractivity contribution in [2.24, 2.45) is 5.41 Å². The van der Waals surface area contributed by atoms with Gasteiger partial charge in [-0.1, -0.05) is 48.5 Å². The van der Waals surface area contributed by atoms with Crippen LogP contribution in [-0.2, 0) is 14.3 Å². The molecule has 26 heavy (non-hydrogen) atoms. The Hall–Kier alpha value is -2.95. The van der Waals surface area contributed by atoms with Crippen LogP contribution in [0.5, 0.6) is 0 Å². The highest BCUT2D eigenvalue weighted by atomic mass is 16.6. The van der Waals surface area contributed by atoms with Gasteiger partial charge in [-0.15, -0.1) is 0 Å². The van der Waals surface area contributed by atoms with Gasteiger partial charge in [-0.3, -0.25) is 9.59 Å². The van der Waals surface area contributed by atoms with E-state index >= 15 is 0 Å². The number of ketones is 1. The predicted molar refractivity (Wildman–Crippen MR) is 97.8 cm³/mol. The number of carboxylic acids is 1. The van der Waals surface area contributed by atoms with Gasteiger partial charge in [0.1, 0.15) is 0 Å². The Morgan fingerprint density at radius 3 is 2.04 bits per heavy atom. The molecule has 0 aliphatic rings. The van der Waals surface area contributed by atoms with Gasteiger partial charge in [-0.05, 0) is 38.8 Å². The number of rotatable bonds is 5. The van der Waals surface area contributed by atoms with Gasteiger partial charge in [0.2, 0.25) is 6.10 Å². The highest BCUT2D eigenvalue weighted by molar-refractivity contribution is 5.94. The number of carbonyl (C=O) groups excluding carboxylic acids is 2. The molecule has 0 radical (unpaired) electrons. The molecular weight excluding hydrogens is 332 g/mol. The minimum absolute atomic E-state index is 0.0487. The molecule has 0 aliphatic carbocycles. The summed E-state index contributed by atoms with van der Waals surface area (Å²) in [6, 6.07) is 13.7. The van der Waals surface area contributed by atoms with Crippen LogP contribution in [0.15, 0.2) is 48.5 Å². The van der Waals surface area contributed by atoms with Crippen LogP contribution in [0.2, 0.25) is 0 Å². The number of carbonyl (C=O) groups is 3. The second-order valence-corrected chi connectivity index (χ2v) is 7.09. The molecule has 0 saturated carbocycles. The zero-order valence-electron chi connectivity index (χ0n) is 15.3. The highest BCUT2D eigenvalue weighted by Crippen LogP contribution is 2.32. The van der Waals surface area contributed by atoms with Crippen molar-refractivity contribution < 1.29 is 24.2 Å². The standard InChI is InChI=1S/C21H22O5/c1-13(22)14-9-11-15(12-10-14)16-7-5-6-8-17(16)18(19(23)24)26-20(25)21(2,3)4/h5-12,18H,1-4H3,(H,23,24). The van der Waals surface area contributed by atoms with Crippen molar-refractivity contribution >= 4 is 17.7 Å². The fourth-order valence-corrected chi connectivity index (χ4v) is 2.40. The molecule has 1 N–H and O–H groups in total. The van der Waals surface area contributed by atoms with E-state index in [4.69, 9.17) is 4.74 Å². The number of hydrogen-bond donors (Lipinski definition) is 1. The van der Waals surface area contributed by atoms with E-state index in [1.165, 1.54) is 6.92 Å². The average molecular weight is 354 g/mol. The van der Waals surface area contributed by atoms with Gasteiger partial charge in [0.15, 0.2) is 5.78 Å². The number of Topliss-reactive ketones (excluding diaryl/α,β-unsaturated/α-hetero) is 1. The first-order chi connectivity index (χ1) is 12.1. The summed E-state index contributed by atoms with van der Waals surface area (Å²) in [7, 11) is 0. The Balaban J connectivity index is 2.47. The molecule has 1 unspecified atom stereocenters. The normalized spacial score (nSPS) is 12.3. The SMILES string of the molecule is CC(=O)c1ccc(-c2ccccc2C(OC(=O)C(C)(C)C)C(=O)O)cc1. The number of aliphatic carboxylic acids is 1. The summed E-state index contributed by atoms with van der Waals surface area (Å²) in [5.41, 5.74) is 1.51. The quantitative estimate of drug-likeness (QED) is 0.640. The fraction of sp³-hybridized carbons (Fsp3) is 0.286. The third-order valence-corrected chi connectivity index (χ3v) is 3.91. The van der Waals surface area contributed by atoms with Gasteiger partial charge in [0, 0.05) is 11.1 Å². The molecule has 0 spiro atoms. The average Bonchev–Trinajstić information content (AvgIpc) is 2.58. The Kier molecular flexibility index (Phi) is 5.60. The van der Waals surface area contributed by atoms with E-state index in [1.807, 2.05) is 0 Å². The second-order valence-electron chi connectivity index (χ2n) is 7.09. The number of hydrogen-bond acceptors (Lipinski definition) is 4. The summed E-state index contributed by atoms with van der Waals surface area (Å²) in [5, 5.41) is 9.61. The van der Waals surface area contributed by atoms with E-state index in [-0.39, 0.29) is 5.78 Å². The summed E-state index contributed by atoms with van der Waals surface area (Å²) in [6.45, 7) is 6.48. The van der Waals surface area contributed by atoms with Crippen molar-refractivity contribution in [2.75, 3.05) is 0 Å². The Morgan fingerprint density at radius 2 is 1.54 bits per heavy atom. The lowest BCUT2D eigenvalue weighted by Gasteiger charge is -2.22. The molecule has 2 aromatic rings. The Bertz CT molecular complexity index is 828. The molecular formula is C21H22O5. The van der Waals surface area contributed by atoms with Crippen LogP contribution in [0.4, 0.5) is 0 Å². The first-order valence-electron chi connectivity index (χ1n) is 8.25. The molecule has 0 saturated heterocycles. The van der Waals surface area contributed by atoms with E-state index < -0.39 is 23.5 Å². The summed E-state index contributed by atoms with van der Waals surface area (Å²) >= 11 is 0. The second kappa shape index (κ2) is 7.52. The van der Waals surface area contributed by atoms with Gasteiger partial charge in [-0.25, -0.2) is 4.79 Å². The lowest BCUT2D eigenvalue weighted by molar-refractivity contribution is -0.170. The lowest BCUT2D eigenvalue weighted by atomic mass is 9.94. The van der Waals surface area contributed by atoms with Crippen LogP contribution in [0.1, 0.15) is 49.7 Å². The van der Waals surface area contributed by atoms with Crippen LogP contribution in [-0.4, -0.2) is 22.8 Å². The third-order valence-electron chi connectivity index (χ3n) is 3.91. The largest absolute Gasteiger partial charge is 0.478 e. The summed E-state index contributed by atoms with van der Waals surface area (Å²) in [6.07, 6.45) is -1.41. The van der Waals surface area contributed by atoms with E-state index in [0.717, 1.165) is 5.56 Å². The molecule has 0 aliphatic heterocycles. The number of esters is 1. The minimum Gasteiger partial charge on any atom is -0.478 e. The van der Waals surface area contributed by atoms with Crippen molar-refractivity contribution in [3.05, 3.63) is 59.7 Å². The van der Waals surface area contributed by atoms with Crippen LogP contribution in [0.3, 0.4) is 0 Å². The summed E-state index contributed by atoms with van der Waals surface area (Å²) in [5.74, 6) is -1.88. The molecule has 5 heteroatoms. The van der Waals surface area contributed by atoms with Crippen molar-refractivity contribution in [1.82, 2.24) is 0 Å². The van der Waals surface area contributed by atoms with E-state index in [2.05, 4.69) is 0 Å². The molecule has 0 aromatic heterocycles. The first kappa shape index (κ1) is 19.4. The molecule has 1 atom stereocenters. The Labute approximate surface area is 152 Å². The maximum atomic E-state index is 12.2. The fourth-order valence-electron chi connectivity index (χ4n) is 2.40. The molecule has 2 rings (SSSR count). The highest BCUT2D eigenvalue weighted by Gasteiger charge is 2.32. The monoisotopic (exact) mass is 354 g/mol. The molecule has 136 valence electrons. The van der Waals surface area contributed by atoms with Crippen LogP contribution in [0.25, 0.3) is 11.1 Å². The predicted octanol–water partition coefficient (Wildman–Crippen LogP) is 4.27. The minimum atomic E-state index is -1.41. The van der Waals surface area contributed by atoms with Crippen molar-refractivity contribution in [3.8, 4) is 11.1 Å². The van der Waals surface area contributed by atoms with Crippen molar-refractivity contribution in [3.63, 3.8) is 0 Å². The summed E-state index contributed by atoms with van der Waals surface area (Å²) in [4.78, 5) is 35.4. The van der Waals surface area contributed by atoms with Crippen LogP contribution in [0, 0.1) is 5.41 Å². The van der Waals surface area contributed by atoms with E-state index in [0.29, 0.717) is 16.7 Å². The first-order valence-corrected chi connectivity index (χ1v) is 8.25. The van der Waals surface area contributed by atoms with Gasteiger partial charge >= 0.3 is 11.9 Å².